The maximum atomic E-state index is 14.3. The summed E-state index contributed by atoms with van der Waals surface area (Å²) in [4.78, 5) is 13.0. The van der Waals surface area contributed by atoms with Crippen molar-refractivity contribution < 1.29 is 18.7 Å². The van der Waals surface area contributed by atoms with E-state index >= 15 is 0 Å². The second-order valence-electron chi connectivity index (χ2n) is 5.54. The smallest absolute Gasteiger partial charge is 0.338 e. The van der Waals surface area contributed by atoms with Crippen molar-refractivity contribution in [1.82, 2.24) is 0 Å². The molecular weight excluding hydrogens is 324 g/mol. The zero-order valence-corrected chi connectivity index (χ0v) is 12.9. The highest BCUT2D eigenvalue weighted by atomic mass is 35.5. The van der Waals surface area contributed by atoms with Gasteiger partial charge in [-0.1, -0.05) is 23.7 Å². The molecule has 2 aromatic rings. The molecule has 1 aliphatic rings. The van der Waals surface area contributed by atoms with E-state index in [1.165, 1.54) is 18.2 Å². The largest absolute Gasteiger partial charge is 0.478 e. The van der Waals surface area contributed by atoms with Crippen molar-refractivity contribution in [3.8, 4) is 0 Å². The van der Waals surface area contributed by atoms with Gasteiger partial charge in [0, 0.05) is 24.7 Å². The number of aromatic carboxylic acids is 1. The van der Waals surface area contributed by atoms with E-state index in [0.29, 0.717) is 30.8 Å². The number of rotatable bonds is 3. The van der Waals surface area contributed by atoms with Gasteiger partial charge in [-0.05, 0) is 36.2 Å². The number of carbonyl (C=O) groups is 1. The van der Waals surface area contributed by atoms with E-state index < -0.39 is 17.6 Å². The Hall–Kier alpha value is -2.14. The van der Waals surface area contributed by atoms with Crippen LogP contribution < -0.4 is 4.90 Å². The zero-order valence-electron chi connectivity index (χ0n) is 12.1. The first kappa shape index (κ1) is 15.7. The third-order valence-corrected chi connectivity index (χ3v) is 4.46. The maximum Gasteiger partial charge on any atom is 0.338 e. The number of benzene rings is 2. The van der Waals surface area contributed by atoms with Crippen molar-refractivity contribution in [3.63, 3.8) is 0 Å². The zero-order chi connectivity index (χ0) is 16.6. The van der Waals surface area contributed by atoms with Gasteiger partial charge in [-0.15, -0.1) is 0 Å². The average Bonchev–Trinajstić information content (AvgIpc) is 2.99. The van der Waals surface area contributed by atoms with Gasteiger partial charge in [-0.25, -0.2) is 13.6 Å². The second-order valence-corrected chi connectivity index (χ2v) is 5.95. The van der Waals surface area contributed by atoms with Gasteiger partial charge >= 0.3 is 5.97 Å². The summed E-state index contributed by atoms with van der Waals surface area (Å²) in [7, 11) is 0. The lowest BCUT2D eigenvalue weighted by Crippen LogP contribution is -2.19. The molecule has 23 heavy (non-hydrogen) atoms. The van der Waals surface area contributed by atoms with E-state index in [4.69, 9.17) is 16.7 Å². The lowest BCUT2D eigenvalue weighted by Gasteiger charge is -2.19. The molecule has 1 saturated heterocycles. The van der Waals surface area contributed by atoms with Gasteiger partial charge in [0.15, 0.2) is 0 Å². The number of carboxylic acids is 1. The van der Waals surface area contributed by atoms with Crippen molar-refractivity contribution in [1.29, 1.82) is 0 Å². The Bertz CT molecular complexity index is 766. The highest BCUT2D eigenvalue weighted by Crippen LogP contribution is 2.33. The SMILES string of the molecule is O=C(O)c1cccc(C2CCN(c3ccc(Cl)c(F)c3)C2)c1F. The molecule has 0 aliphatic carbocycles. The predicted octanol–water partition coefficient (Wildman–Crippen LogP) is 4.31. The van der Waals surface area contributed by atoms with Crippen LogP contribution in [0.25, 0.3) is 0 Å². The summed E-state index contributed by atoms with van der Waals surface area (Å²) in [5.41, 5.74) is 0.754. The predicted molar refractivity (Wildman–Crippen MR) is 84.3 cm³/mol. The van der Waals surface area contributed by atoms with E-state index in [2.05, 4.69) is 0 Å². The highest BCUT2D eigenvalue weighted by molar-refractivity contribution is 6.30. The standard InChI is InChI=1S/C17H14ClF2NO2/c18-14-5-4-11(8-15(14)19)21-7-6-10(9-21)12-2-1-3-13(16(12)20)17(22)23/h1-5,8,10H,6-7,9H2,(H,22,23). The van der Waals surface area contributed by atoms with Crippen LogP contribution in [0, 0.1) is 11.6 Å². The van der Waals surface area contributed by atoms with Crippen LogP contribution in [0.5, 0.6) is 0 Å². The molecule has 0 aromatic heterocycles. The van der Waals surface area contributed by atoms with E-state index in [-0.39, 0.29) is 16.5 Å². The Morgan fingerprint density at radius 2 is 2.04 bits per heavy atom. The summed E-state index contributed by atoms with van der Waals surface area (Å²) < 4.78 is 27.9. The normalized spacial score (nSPS) is 17.5. The van der Waals surface area contributed by atoms with Crippen molar-refractivity contribution in [2.45, 2.75) is 12.3 Å². The molecule has 3 rings (SSSR count). The minimum atomic E-state index is -1.28. The molecule has 1 fully saturated rings. The molecule has 0 bridgehead atoms. The second kappa shape index (κ2) is 6.16. The summed E-state index contributed by atoms with van der Waals surface area (Å²) in [6.07, 6.45) is 0.671. The van der Waals surface area contributed by atoms with Gasteiger partial charge < -0.3 is 10.0 Å². The molecule has 1 unspecified atom stereocenters. The van der Waals surface area contributed by atoms with Crippen LogP contribution in [0.15, 0.2) is 36.4 Å². The first-order chi connectivity index (χ1) is 11.0. The molecule has 0 saturated carbocycles. The van der Waals surface area contributed by atoms with Gasteiger partial charge in [0.05, 0.1) is 10.6 Å². The number of nitrogens with zero attached hydrogens (tertiary/aromatic N) is 1. The average molecular weight is 338 g/mol. The summed E-state index contributed by atoms with van der Waals surface area (Å²) in [6, 6.07) is 8.98. The number of hydrogen-bond acceptors (Lipinski definition) is 2. The van der Waals surface area contributed by atoms with Gasteiger partial charge in [0.2, 0.25) is 0 Å². The summed E-state index contributed by atoms with van der Waals surface area (Å²) >= 11 is 5.68. The van der Waals surface area contributed by atoms with Crippen LogP contribution in [-0.2, 0) is 0 Å². The number of hydrogen-bond donors (Lipinski definition) is 1. The molecule has 1 N–H and O–H groups in total. The van der Waals surface area contributed by atoms with Crippen molar-refractivity contribution in [3.05, 3.63) is 64.2 Å². The van der Waals surface area contributed by atoms with Crippen LogP contribution in [-0.4, -0.2) is 24.2 Å². The monoisotopic (exact) mass is 337 g/mol. The highest BCUT2D eigenvalue weighted by Gasteiger charge is 2.28. The summed E-state index contributed by atoms with van der Waals surface area (Å²) in [6.45, 7) is 1.14. The molecule has 0 radical (unpaired) electrons. The fourth-order valence-corrected chi connectivity index (χ4v) is 3.08. The molecule has 2 aromatic carbocycles. The molecule has 6 heteroatoms. The molecular formula is C17H14ClF2NO2. The maximum absolute atomic E-state index is 14.3. The minimum absolute atomic E-state index is 0.0599. The number of carboxylic acid groups (broad SMARTS) is 1. The van der Waals surface area contributed by atoms with Gasteiger partial charge in [0.25, 0.3) is 0 Å². The minimum Gasteiger partial charge on any atom is -0.478 e. The quantitative estimate of drug-likeness (QED) is 0.907. The van der Waals surface area contributed by atoms with Gasteiger partial charge in [-0.3, -0.25) is 0 Å². The Morgan fingerprint density at radius 3 is 2.74 bits per heavy atom. The van der Waals surface area contributed by atoms with E-state index in [1.54, 1.807) is 18.2 Å². The Morgan fingerprint density at radius 1 is 1.26 bits per heavy atom. The topological polar surface area (TPSA) is 40.5 Å². The van der Waals surface area contributed by atoms with E-state index in [1.807, 2.05) is 4.90 Å². The summed E-state index contributed by atoms with van der Waals surface area (Å²) in [5.74, 6) is -2.59. The van der Waals surface area contributed by atoms with Crippen molar-refractivity contribution in [2.24, 2.45) is 0 Å². The Labute approximate surface area is 137 Å². The fraction of sp³-hybridized carbons (Fsp3) is 0.235. The van der Waals surface area contributed by atoms with Gasteiger partial charge in [0.1, 0.15) is 11.6 Å². The first-order valence-corrected chi connectivity index (χ1v) is 7.57. The first-order valence-electron chi connectivity index (χ1n) is 7.19. The Balaban J connectivity index is 1.84. The lowest BCUT2D eigenvalue weighted by atomic mass is 9.96. The van der Waals surface area contributed by atoms with Crippen LogP contribution in [0.4, 0.5) is 14.5 Å². The fourth-order valence-electron chi connectivity index (χ4n) is 2.96. The lowest BCUT2D eigenvalue weighted by molar-refractivity contribution is 0.0691. The molecule has 1 aliphatic heterocycles. The van der Waals surface area contributed by atoms with E-state index in [0.717, 1.165) is 0 Å². The summed E-state index contributed by atoms with van der Waals surface area (Å²) in [5, 5.41) is 9.07. The van der Waals surface area contributed by atoms with Crippen LogP contribution in [0.2, 0.25) is 5.02 Å². The van der Waals surface area contributed by atoms with Gasteiger partial charge in [-0.2, -0.15) is 0 Å². The van der Waals surface area contributed by atoms with Crippen LogP contribution in [0.3, 0.4) is 0 Å². The third-order valence-electron chi connectivity index (χ3n) is 4.16. The number of halogens is 3. The van der Waals surface area contributed by atoms with Crippen molar-refractivity contribution in [2.75, 3.05) is 18.0 Å². The third kappa shape index (κ3) is 3.01. The molecule has 1 atom stereocenters. The molecule has 120 valence electrons. The number of anilines is 1. The van der Waals surface area contributed by atoms with Crippen LogP contribution in [0.1, 0.15) is 28.3 Å². The van der Waals surface area contributed by atoms with Crippen molar-refractivity contribution >= 4 is 23.3 Å². The molecule has 3 nitrogen and oxygen atoms in total. The molecule has 0 spiro atoms. The van der Waals surface area contributed by atoms with E-state index in [9.17, 15) is 13.6 Å². The Kier molecular flexibility index (Phi) is 4.22. The van der Waals surface area contributed by atoms with Crippen LogP contribution >= 0.6 is 11.6 Å². The molecule has 0 amide bonds. The molecule has 1 heterocycles.